The number of hydrogen-bond acceptors (Lipinski definition) is 2. The molecule has 0 saturated heterocycles. The van der Waals surface area contributed by atoms with E-state index in [1.54, 1.807) is 0 Å². The van der Waals surface area contributed by atoms with Crippen molar-refractivity contribution in [1.82, 2.24) is 0 Å². The van der Waals surface area contributed by atoms with Crippen molar-refractivity contribution in [3.63, 3.8) is 0 Å². The van der Waals surface area contributed by atoms with Gasteiger partial charge in [-0.2, -0.15) is 4.99 Å². The standard InChI is InChI=1S/C8H13NO2/c1-2-6-11-8-5-3-4-7(10)9-8/h2-6H2,1H3. The summed E-state index contributed by atoms with van der Waals surface area (Å²) in [6, 6.07) is 0. The van der Waals surface area contributed by atoms with Crippen LogP contribution in [-0.2, 0) is 9.53 Å². The SMILES string of the molecule is CCCOC1=NC(=O)CCC1. The van der Waals surface area contributed by atoms with Crippen LogP contribution in [0.5, 0.6) is 0 Å². The fraction of sp³-hybridized carbons (Fsp3) is 0.750. The summed E-state index contributed by atoms with van der Waals surface area (Å²) in [5.41, 5.74) is 0. The topological polar surface area (TPSA) is 38.7 Å². The molecule has 1 rings (SSSR count). The molecule has 1 aliphatic rings. The van der Waals surface area contributed by atoms with Crippen LogP contribution in [0.1, 0.15) is 32.6 Å². The molecule has 0 unspecified atom stereocenters. The molecular weight excluding hydrogens is 142 g/mol. The van der Waals surface area contributed by atoms with Gasteiger partial charge in [-0.25, -0.2) is 0 Å². The molecule has 0 fully saturated rings. The highest BCUT2D eigenvalue weighted by Crippen LogP contribution is 2.08. The normalized spacial score (nSPS) is 17.9. The lowest BCUT2D eigenvalue weighted by Gasteiger charge is -2.10. The van der Waals surface area contributed by atoms with Crippen LogP contribution in [0.2, 0.25) is 0 Å². The van der Waals surface area contributed by atoms with Gasteiger partial charge in [0, 0.05) is 12.8 Å². The molecule has 0 aromatic heterocycles. The van der Waals surface area contributed by atoms with Crippen molar-refractivity contribution in [3.05, 3.63) is 0 Å². The number of rotatable bonds is 2. The maximum atomic E-state index is 10.8. The summed E-state index contributed by atoms with van der Waals surface area (Å²) in [6.07, 6.45) is 3.26. The number of nitrogens with zero attached hydrogens (tertiary/aromatic N) is 1. The maximum absolute atomic E-state index is 10.8. The smallest absolute Gasteiger partial charge is 0.248 e. The molecule has 3 nitrogen and oxygen atoms in total. The third kappa shape index (κ3) is 2.70. The molecule has 1 aliphatic heterocycles. The van der Waals surface area contributed by atoms with Crippen LogP contribution in [-0.4, -0.2) is 18.4 Å². The molecular formula is C8H13NO2. The molecule has 0 saturated carbocycles. The van der Waals surface area contributed by atoms with Gasteiger partial charge in [-0.1, -0.05) is 6.92 Å². The van der Waals surface area contributed by atoms with Gasteiger partial charge < -0.3 is 4.74 Å². The molecule has 11 heavy (non-hydrogen) atoms. The Kier molecular flexibility index (Phi) is 3.08. The van der Waals surface area contributed by atoms with E-state index in [1.807, 2.05) is 6.92 Å². The lowest BCUT2D eigenvalue weighted by atomic mass is 10.2. The van der Waals surface area contributed by atoms with Gasteiger partial charge in [-0.3, -0.25) is 4.79 Å². The lowest BCUT2D eigenvalue weighted by Crippen LogP contribution is -2.14. The Labute approximate surface area is 66.5 Å². The maximum Gasteiger partial charge on any atom is 0.248 e. The van der Waals surface area contributed by atoms with E-state index in [1.165, 1.54) is 0 Å². The number of aliphatic imine (C=N–C) groups is 1. The van der Waals surface area contributed by atoms with Crippen LogP contribution in [0.25, 0.3) is 0 Å². The van der Waals surface area contributed by atoms with E-state index in [0.717, 1.165) is 19.3 Å². The summed E-state index contributed by atoms with van der Waals surface area (Å²) in [7, 11) is 0. The summed E-state index contributed by atoms with van der Waals surface area (Å²) < 4.78 is 5.23. The van der Waals surface area contributed by atoms with E-state index in [4.69, 9.17) is 4.74 Å². The molecule has 3 heteroatoms. The highest BCUT2D eigenvalue weighted by atomic mass is 16.5. The van der Waals surface area contributed by atoms with Gasteiger partial charge in [0.2, 0.25) is 5.91 Å². The summed E-state index contributed by atoms with van der Waals surface area (Å²) in [5.74, 6) is 0.588. The van der Waals surface area contributed by atoms with Crippen molar-refractivity contribution >= 4 is 11.8 Å². The molecule has 0 spiro atoms. The van der Waals surface area contributed by atoms with Crippen molar-refractivity contribution in [2.75, 3.05) is 6.61 Å². The van der Waals surface area contributed by atoms with E-state index in [0.29, 0.717) is 18.9 Å². The third-order valence-corrected chi connectivity index (χ3v) is 1.50. The van der Waals surface area contributed by atoms with Crippen molar-refractivity contribution in [2.24, 2.45) is 4.99 Å². The average molecular weight is 155 g/mol. The van der Waals surface area contributed by atoms with Crippen LogP contribution >= 0.6 is 0 Å². The Morgan fingerprint density at radius 1 is 1.55 bits per heavy atom. The molecule has 0 aromatic rings. The first kappa shape index (κ1) is 8.24. The Bertz CT molecular complexity index is 175. The molecule has 0 atom stereocenters. The van der Waals surface area contributed by atoms with Gasteiger partial charge in [0.25, 0.3) is 0 Å². The zero-order chi connectivity index (χ0) is 8.10. The van der Waals surface area contributed by atoms with Crippen molar-refractivity contribution in [3.8, 4) is 0 Å². The number of carbonyl (C=O) groups is 1. The van der Waals surface area contributed by atoms with Crippen LogP contribution < -0.4 is 0 Å². The second-order valence-electron chi connectivity index (χ2n) is 2.60. The Balaban J connectivity index is 2.37. The minimum Gasteiger partial charge on any atom is -0.481 e. The van der Waals surface area contributed by atoms with Crippen LogP contribution in [0.15, 0.2) is 4.99 Å². The fourth-order valence-electron chi connectivity index (χ4n) is 0.966. The number of ether oxygens (including phenoxy) is 1. The average Bonchev–Trinajstić information content (AvgIpc) is 2.01. The summed E-state index contributed by atoms with van der Waals surface area (Å²) >= 11 is 0. The predicted octanol–water partition coefficient (Wildman–Crippen LogP) is 1.52. The first-order chi connectivity index (χ1) is 5.33. The zero-order valence-corrected chi connectivity index (χ0v) is 6.80. The summed E-state index contributed by atoms with van der Waals surface area (Å²) in [6.45, 7) is 2.71. The highest BCUT2D eigenvalue weighted by Gasteiger charge is 2.11. The molecule has 62 valence electrons. The Hall–Kier alpha value is -0.860. The second-order valence-corrected chi connectivity index (χ2v) is 2.60. The van der Waals surface area contributed by atoms with Gasteiger partial charge in [-0.05, 0) is 12.8 Å². The quantitative estimate of drug-likeness (QED) is 0.606. The first-order valence-electron chi connectivity index (χ1n) is 4.06. The third-order valence-electron chi connectivity index (χ3n) is 1.50. The van der Waals surface area contributed by atoms with Crippen molar-refractivity contribution < 1.29 is 9.53 Å². The largest absolute Gasteiger partial charge is 0.481 e. The predicted molar refractivity (Wildman–Crippen MR) is 42.5 cm³/mol. The lowest BCUT2D eigenvalue weighted by molar-refractivity contribution is -0.118. The number of amides is 1. The molecule has 0 bridgehead atoms. The molecule has 0 aliphatic carbocycles. The van der Waals surface area contributed by atoms with Crippen molar-refractivity contribution in [1.29, 1.82) is 0 Å². The second kappa shape index (κ2) is 4.11. The zero-order valence-electron chi connectivity index (χ0n) is 6.80. The van der Waals surface area contributed by atoms with Crippen molar-refractivity contribution in [2.45, 2.75) is 32.6 Å². The van der Waals surface area contributed by atoms with E-state index < -0.39 is 0 Å². The van der Waals surface area contributed by atoms with Gasteiger partial charge in [-0.15, -0.1) is 0 Å². The van der Waals surface area contributed by atoms with Crippen LogP contribution in [0.4, 0.5) is 0 Å². The molecule has 0 aromatic carbocycles. The van der Waals surface area contributed by atoms with E-state index >= 15 is 0 Å². The van der Waals surface area contributed by atoms with E-state index in [-0.39, 0.29) is 5.91 Å². The van der Waals surface area contributed by atoms with Crippen LogP contribution in [0.3, 0.4) is 0 Å². The first-order valence-corrected chi connectivity index (χ1v) is 4.06. The molecule has 0 radical (unpaired) electrons. The van der Waals surface area contributed by atoms with Gasteiger partial charge >= 0.3 is 0 Å². The minimum absolute atomic E-state index is 0.0395. The van der Waals surface area contributed by atoms with Gasteiger partial charge in [0.05, 0.1) is 6.61 Å². The molecule has 1 heterocycles. The number of hydrogen-bond donors (Lipinski definition) is 0. The molecule has 1 amide bonds. The highest BCUT2D eigenvalue weighted by molar-refractivity contribution is 5.93. The van der Waals surface area contributed by atoms with Gasteiger partial charge in [0.15, 0.2) is 5.90 Å². The molecule has 0 N–H and O–H groups in total. The van der Waals surface area contributed by atoms with Gasteiger partial charge in [0.1, 0.15) is 0 Å². The fourth-order valence-corrected chi connectivity index (χ4v) is 0.966. The minimum atomic E-state index is -0.0395. The summed E-state index contributed by atoms with van der Waals surface area (Å²) in [5, 5.41) is 0. The Morgan fingerprint density at radius 2 is 2.36 bits per heavy atom. The summed E-state index contributed by atoms with van der Waals surface area (Å²) in [4.78, 5) is 14.5. The van der Waals surface area contributed by atoms with E-state index in [2.05, 4.69) is 4.99 Å². The van der Waals surface area contributed by atoms with Crippen LogP contribution in [0, 0.1) is 0 Å². The number of carbonyl (C=O) groups excluding carboxylic acids is 1. The van der Waals surface area contributed by atoms with E-state index in [9.17, 15) is 4.79 Å². The Morgan fingerprint density at radius 3 is 3.00 bits per heavy atom. The monoisotopic (exact) mass is 155 g/mol.